The molecule has 7 aliphatic carbocycles. The molecule has 10 unspecified atom stereocenters. The normalized spacial score (nSPS) is 35.6. The third-order valence-corrected chi connectivity index (χ3v) is 16.9. The third kappa shape index (κ3) is 6.55. The highest BCUT2D eigenvalue weighted by Crippen LogP contribution is 2.54. The van der Waals surface area contributed by atoms with Crippen LogP contribution in [0.3, 0.4) is 0 Å². The molecule has 2 N–H and O–H groups in total. The Morgan fingerprint density at radius 2 is 1.60 bits per heavy atom. The summed E-state index contributed by atoms with van der Waals surface area (Å²) in [6.45, 7) is 1.02. The summed E-state index contributed by atoms with van der Waals surface area (Å²) in [5.74, 6) is 6.56. The predicted octanol–water partition coefficient (Wildman–Crippen LogP) is 11.8. The van der Waals surface area contributed by atoms with Crippen LogP contribution in [0.5, 0.6) is 0 Å². The van der Waals surface area contributed by atoms with Crippen molar-refractivity contribution in [2.75, 3.05) is 11.9 Å². The standard InChI is InChI=1S/C54H64N6/c55-33-35-27-28-51-48(30-35)46-23-10-11-25-49(46)59(51)52-31-37(32-53(58-52)60-50-26-12-9-22-45(50)47-24-13-29-57-54(47)60)39-16-3-4-18-41(39)43-20-7-8-21-44(43)42-19-6-5-17-40(42)38-15-2-1-14-36(38)34-56/h6,9-11,14-15,19,22-23,25,31-32,35,39-44,46,49,52,57-58H,1-5,7-8,12-13,16-18,20-21,24,26-30H2. The molecule has 2 fully saturated rings. The van der Waals surface area contributed by atoms with E-state index in [1.165, 1.54) is 110 Å². The fourth-order valence-corrected chi connectivity index (χ4v) is 14.4. The Labute approximate surface area is 358 Å². The second-order valence-corrected chi connectivity index (χ2v) is 19.8. The summed E-state index contributed by atoms with van der Waals surface area (Å²) in [5, 5.41) is 28.6. The molecule has 2 saturated carbocycles. The lowest BCUT2D eigenvalue weighted by atomic mass is 9.57. The van der Waals surface area contributed by atoms with Crippen LogP contribution < -0.4 is 10.6 Å². The highest BCUT2D eigenvalue weighted by atomic mass is 15.4. The molecule has 0 aromatic carbocycles. The second-order valence-electron chi connectivity index (χ2n) is 19.8. The van der Waals surface area contributed by atoms with Gasteiger partial charge in [0.15, 0.2) is 0 Å². The number of rotatable bonds is 6. The van der Waals surface area contributed by atoms with Gasteiger partial charge in [-0.05, 0) is 161 Å². The summed E-state index contributed by atoms with van der Waals surface area (Å²) < 4.78 is 2.64. The molecule has 0 radical (unpaired) electrons. The van der Waals surface area contributed by atoms with Gasteiger partial charge in [-0.3, -0.25) is 4.57 Å². The summed E-state index contributed by atoms with van der Waals surface area (Å²) in [5.41, 5.74) is 11.3. The van der Waals surface area contributed by atoms with Crippen LogP contribution in [0.25, 0.3) is 11.9 Å². The minimum Gasteiger partial charge on any atom is -0.371 e. The molecule has 10 aliphatic rings. The van der Waals surface area contributed by atoms with Crippen LogP contribution in [0.15, 0.2) is 94.8 Å². The Kier molecular flexibility index (Phi) is 10.4. The van der Waals surface area contributed by atoms with Gasteiger partial charge >= 0.3 is 0 Å². The first kappa shape index (κ1) is 38.3. The number of dihydropyridines is 1. The van der Waals surface area contributed by atoms with E-state index in [2.05, 4.69) is 105 Å². The summed E-state index contributed by atoms with van der Waals surface area (Å²) in [6.07, 6.45) is 51.6. The van der Waals surface area contributed by atoms with Crippen molar-refractivity contribution in [3.8, 4) is 12.1 Å². The topological polar surface area (TPSA) is 79.8 Å². The van der Waals surface area contributed by atoms with Crippen LogP contribution in [0.4, 0.5) is 5.82 Å². The van der Waals surface area contributed by atoms with Crippen molar-refractivity contribution >= 4 is 17.7 Å². The molecule has 6 nitrogen and oxygen atoms in total. The van der Waals surface area contributed by atoms with Crippen molar-refractivity contribution < 1.29 is 0 Å². The fraction of sp³-hybridized carbons (Fsp3) is 0.556. The Hall–Kier alpha value is -4.68. The lowest BCUT2D eigenvalue weighted by Gasteiger charge is -2.49. The number of hydrogen-bond acceptors (Lipinski definition) is 5. The van der Waals surface area contributed by atoms with Crippen LogP contribution in [0, 0.1) is 70.0 Å². The summed E-state index contributed by atoms with van der Waals surface area (Å²) >= 11 is 0. The zero-order valence-electron chi connectivity index (χ0n) is 35.6. The van der Waals surface area contributed by atoms with E-state index in [4.69, 9.17) is 0 Å². The molecule has 0 spiro atoms. The molecule has 310 valence electrons. The lowest BCUT2D eigenvalue weighted by Crippen LogP contribution is -2.50. The molecule has 0 amide bonds. The molecular formula is C54H64N6. The van der Waals surface area contributed by atoms with Crippen LogP contribution in [-0.4, -0.2) is 28.2 Å². The Morgan fingerprint density at radius 1 is 0.750 bits per heavy atom. The van der Waals surface area contributed by atoms with Crippen LogP contribution in [0.2, 0.25) is 0 Å². The smallest absolute Gasteiger partial charge is 0.120 e. The predicted molar refractivity (Wildman–Crippen MR) is 243 cm³/mol. The van der Waals surface area contributed by atoms with Crippen LogP contribution >= 0.6 is 0 Å². The van der Waals surface area contributed by atoms with Crippen molar-refractivity contribution in [3.05, 3.63) is 112 Å². The first-order valence-electron chi connectivity index (χ1n) is 24.3. The maximum Gasteiger partial charge on any atom is 0.120 e. The van der Waals surface area contributed by atoms with Gasteiger partial charge in [-0.15, -0.1) is 0 Å². The largest absolute Gasteiger partial charge is 0.371 e. The molecule has 3 aliphatic heterocycles. The van der Waals surface area contributed by atoms with Gasteiger partial charge in [-0.25, -0.2) is 0 Å². The van der Waals surface area contributed by atoms with E-state index < -0.39 is 0 Å². The average molecular weight is 797 g/mol. The van der Waals surface area contributed by atoms with Gasteiger partial charge in [0, 0.05) is 35.0 Å². The molecular weight excluding hydrogens is 733 g/mol. The number of allylic oxidation sites excluding steroid dienone is 12. The zero-order chi connectivity index (χ0) is 40.2. The first-order valence-corrected chi connectivity index (χ1v) is 24.3. The van der Waals surface area contributed by atoms with E-state index in [-0.39, 0.29) is 18.1 Å². The summed E-state index contributed by atoms with van der Waals surface area (Å²) in [4.78, 5) is 2.77. The van der Waals surface area contributed by atoms with Crippen LogP contribution in [-0.2, 0) is 12.8 Å². The summed E-state index contributed by atoms with van der Waals surface area (Å²) in [7, 11) is 0. The molecule has 0 saturated heterocycles. The minimum atomic E-state index is 0.0380. The first-order chi connectivity index (χ1) is 29.7. The van der Waals surface area contributed by atoms with E-state index in [0.29, 0.717) is 41.4 Å². The monoisotopic (exact) mass is 797 g/mol. The minimum absolute atomic E-state index is 0.0380. The van der Waals surface area contributed by atoms with Gasteiger partial charge in [-0.2, -0.15) is 10.5 Å². The Bertz CT molecular complexity index is 2250. The van der Waals surface area contributed by atoms with Crippen molar-refractivity contribution in [1.29, 1.82) is 10.5 Å². The van der Waals surface area contributed by atoms with Gasteiger partial charge in [0.05, 0.1) is 29.7 Å². The highest BCUT2D eigenvalue weighted by Gasteiger charge is 2.47. The number of aromatic nitrogens is 1. The van der Waals surface area contributed by atoms with Crippen molar-refractivity contribution in [3.63, 3.8) is 0 Å². The van der Waals surface area contributed by atoms with Gasteiger partial charge in [0.2, 0.25) is 0 Å². The number of nitrogens with zero attached hydrogens (tertiary/aromatic N) is 4. The Balaban J connectivity index is 1.01. The quantitative estimate of drug-likeness (QED) is 0.280. The van der Waals surface area contributed by atoms with Crippen molar-refractivity contribution in [2.24, 2.45) is 47.3 Å². The van der Waals surface area contributed by atoms with E-state index in [0.717, 1.165) is 69.9 Å². The average Bonchev–Trinajstić information content (AvgIpc) is 3.84. The molecule has 10 atom stereocenters. The van der Waals surface area contributed by atoms with Gasteiger partial charge in [0.1, 0.15) is 17.8 Å². The number of hydrogen-bond donors (Lipinski definition) is 2. The SMILES string of the molecule is N#CC1=CCCC=C1C1CCC=CC1C1CCCCC1C1CCCCC1C1=CC(N2C3=C(CC(C#N)CC3)C3C=CC=CC32)NC(n2c3c(c4c2NCCC4)C=CCC3)=C1. The number of anilines is 1. The van der Waals surface area contributed by atoms with Crippen LogP contribution in [0.1, 0.15) is 126 Å². The molecule has 4 heterocycles. The third-order valence-electron chi connectivity index (χ3n) is 16.9. The number of nitriles is 2. The molecule has 1 aromatic rings. The van der Waals surface area contributed by atoms with Gasteiger partial charge < -0.3 is 15.5 Å². The van der Waals surface area contributed by atoms with E-state index in [1.54, 1.807) is 5.57 Å². The fourth-order valence-electron chi connectivity index (χ4n) is 14.4. The Morgan fingerprint density at radius 3 is 2.50 bits per heavy atom. The van der Waals surface area contributed by atoms with Crippen molar-refractivity contribution in [2.45, 2.75) is 134 Å². The second kappa shape index (κ2) is 16.3. The number of fused-ring (bicyclic) bond motifs is 5. The molecule has 0 bridgehead atoms. The highest BCUT2D eigenvalue weighted by molar-refractivity contribution is 5.75. The van der Waals surface area contributed by atoms with E-state index in [9.17, 15) is 10.5 Å². The number of nitrogens with one attached hydrogen (secondary N) is 2. The zero-order valence-corrected chi connectivity index (χ0v) is 35.6. The van der Waals surface area contributed by atoms with Gasteiger partial charge in [0.25, 0.3) is 0 Å². The van der Waals surface area contributed by atoms with Gasteiger partial charge in [-0.1, -0.05) is 86.4 Å². The maximum atomic E-state index is 10.3. The van der Waals surface area contributed by atoms with Crippen molar-refractivity contribution in [1.82, 2.24) is 14.8 Å². The van der Waals surface area contributed by atoms with E-state index in [1.807, 2.05) is 0 Å². The molecule has 1 aromatic heterocycles. The molecule has 6 heteroatoms. The molecule has 11 rings (SSSR count). The summed E-state index contributed by atoms with van der Waals surface area (Å²) in [6, 6.07) is 5.55. The lowest BCUT2D eigenvalue weighted by molar-refractivity contribution is 0.0592. The molecule has 60 heavy (non-hydrogen) atoms. The van der Waals surface area contributed by atoms with E-state index >= 15 is 0 Å². The maximum absolute atomic E-state index is 10.3.